The summed E-state index contributed by atoms with van der Waals surface area (Å²) in [7, 11) is -2.50. The minimum absolute atomic E-state index is 0.0145. The van der Waals surface area contributed by atoms with E-state index >= 15 is 0 Å². The van der Waals surface area contributed by atoms with Crippen molar-refractivity contribution in [2.24, 2.45) is 16.2 Å². The summed E-state index contributed by atoms with van der Waals surface area (Å²) in [6.45, 7) is 5.88. The number of fused-ring (bicyclic) bond motifs is 1. The highest BCUT2D eigenvalue weighted by molar-refractivity contribution is 9.24. The Morgan fingerprint density at radius 1 is 1.08 bits per heavy atom. The van der Waals surface area contributed by atoms with Gasteiger partial charge in [0.15, 0.2) is 0 Å². The molecule has 1 heterocycles. The molecule has 3 aliphatic carbocycles. The topological polar surface area (TPSA) is 87.7 Å². The molecular weight excluding hydrogens is 714 g/mol. The van der Waals surface area contributed by atoms with Gasteiger partial charge in [0.1, 0.15) is 10.6 Å². The number of nitrogens with zero attached hydrogens (tertiary/aromatic N) is 1. The fraction of sp³-hybridized carbons (Fsp3) is 0.536. The second-order valence-corrected chi connectivity index (χ2v) is 16.9. The van der Waals surface area contributed by atoms with E-state index in [0.717, 1.165) is 45.2 Å². The van der Waals surface area contributed by atoms with E-state index < -0.39 is 15.4 Å². The lowest BCUT2D eigenvalue weighted by Gasteiger charge is -2.66. The summed E-state index contributed by atoms with van der Waals surface area (Å²) in [5.74, 6) is 0.344. The first-order valence-corrected chi connectivity index (χ1v) is 17.4. The molecule has 1 amide bonds. The number of rotatable bonds is 8. The highest BCUT2D eigenvalue weighted by atomic mass is 79.9. The Labute approximate surface area is 256 Å². The van der Waals surface area contributed by atoms with Gasteiger partial charge in [0.2, 0.25) is 5.91 Å². The lowest BCUT2D eigenvalue weighted by atomic mass is 9.43. The molecule has 4 aliphatic rings. The van der Waals surface area contributed by atoms with Crippen LogP contribution in [0.15, 0.2) is 47.4 Å². The molecule has 2 aromatic rings. The van der Waals surface area contributed by atoms with Crippen molar-refractivity contribution in [3.63, 3.8) is 0 Å². The van der Waals surface area contributed by atoms with E-state index in [4.69, 9.17) is 4.74 Å². The third-order valence-electron chi connectivity index (χ3n) is 9.45. The SMILES string of the molecule is COc1ccccc1NS(=O)(=O)c1cc(NC(=O)C23CCC(C(Br)Br)(C2Br)C3(C)C)ccc1N1CCCCC1. The summed E-state index contributed by atoms with van der Waals surface area (Å²) in [6, 6.07) is 12.1. The predicted molar refractivity (Wildman–Crippen MR) is 167 cm³/mol. The number of benzene rings is 2. The third-order valence-corrected chi connectivity index (χ3v) is 14.1. The van der Waals surface area contributed by atoms with Crippen molar-refractivity contribution in [3.8, 4) is 5.75 Å². The van der Waals surface area contributed by atoms with Crippen molar-refractivity contribution in [2.75, 3.05) is 35.1 Å². The van der Waals surface area contributed by atoms with Crippen molar-refractivity contribution in [1.29, 1.82) is 0 Å². The van der Waals surface area contributed by atoms with E-state index in [2.05, 4.69) is 76.6 Å². The summed E-state index contributed by atoms with van der Waals surface area (Å²) in [4.78, 5) is 16.2. The maximum Gasteiger partial charge on any atom is 0.264 e. The van der Waals surface area contributed by atoms with Gasteiger partial charge >= 0.3 is 0 Å². The van der Waals surface area contributed by atoms with Crippen molar-refractivity contribution in [2.45, 2.75) is 59.4 Å². The lowest BCUT2D eigenvalue weighted by Crippen LogP contribution is -2.71. The number of carbonyl (C=O) groups is 1. The van der Waals surface area contributed by atoms with Crippen LogP contribution in [0.3, 0.4) is 0 Å². The fourth-order valence-electron chi connectivity index (χ4n) is 7.07. The molecule has 0 spiro atoms. The Hall–Kier alpha value is -1.30. The molecule has 4 fully saturated rings. The number of alkyl halides is 3. The van der Waals surface area contributed by atoms with Crippen LogP contribution in [0, 0.1) is 16.2 Å². The summed E-state index contributed by atoms with van der Waals surface area (Å²) >= 11 is 11.3. The molecule has 3 unspecified atom stereocenters. The number of hydrogen-bond donors (Lipinski definition) is 2. The molecule has 1 aliphatic heterocycles. The molecule has 39 heavy (non-hydrogen) atoms. The van der Waals surface area contributed by atoms with Crippen molar-refractivity contribution in [1.82, 2.24) is 0 Å². The number of anilines is 3. The molecule has 2 N–H and O–H groups in total. The number of sulfonamides is 1. The standard InChI is InChI=1S/C28H34Br3N3O4S/c1-26(2)27(24(30)31)13-14-28(26,23(27)29)25(35)32-18-11-12-20(34-15-7-4-8-16-34)22(17-18)39(36,37)33-19-9-5-6-10-21(19)38-3/h5-6,9-12,17,23-24,33H,4,7-8,13-16H2,1-3H3,(H,32,35). The molecule has 2 bridgehead atoms. The zero-order chi connectivity index (χ0) is 28.2. The molecule has 6 rings (SSSR count). The average molecular weight is 748 g/mol. The van der Waals surface area contributed by atoms with Crippen LogP contribution in [0.25, 0.3) is 0 Å². The normalized spacial score (nSPS) is 27.7. The molecule has 3 atom stereocenters. The predicted octanol–water partition coefficient (Wildman–Crippen LogP) is 7.11. The van der Waals surface area contributed by atoms with E-state index in [1.807, 2.05) is 12.1 Å². The Bertz CT molecular complexity index is 1380. The number of piperidine rings is 1. The van der Waals surface area contributed by atoms with E-state index in [9.17, 15) is 13.2 Å². The largest absolute Gasteiger partial charge is 0.495 e. The Morgan fingerprint density at radius 3 is 2.38 bits per heavy atom. The summed E-state index contributed by atoms with van der Waals surface area (Å²) in [5.41, 5.74) is 0.478. The highest BCUT2D eigenvalue weighted by Gasteiger charge is 2.83. The first kappa shape index (κ1) is 29.2. The number of para-hydroxylation sites is 2. The molecule has 212 valence electrons. The van der Waals surface area contributed by atoms with Gasteiger partial charge in [0.25, 0.3) is 10.0 Å². The van der Waals surface area contributed by atoms with Crippen LogP contribution in [0.4, 0.5) is 17.1 Å². The zero-order valence-electron chi connectivity index (χ0n) is 22.3. The lowest BCUT2D eigenvalue weighted by molar-refractivity contribution is -0.155. The highest BCUT2D eigenvalue weighted by Crippen LogP contribution is 2.82. The molecule has 0 aromatic heterocycles. The van der Waals surface area contributed by atoms with Gasteiger partial charge in [-0.15, -0.1) is 0 Å². The number of nitrogens with one attached hydrogen (secondary N) is 2. The van der Waals surface area contributed by atoms with Gasteiger partial charge in [0, 0.05) is 29.0 Å². The summed E-state index contributed by atoms with van der Waals surface area (Å²) in [5, 5.41) is 3.10. The Morgan fingerprint density at radius 2 is 1.77 bits per heavy atom. The van der Waals surface area contributed by atoms with Gasteiger partial charge in [-0.05, 0) is 67.9 Å². The second kappa shape index (κ2) is 10.5. The molecular formula is C28H34Br3N3O4S. The quantitative estimate of drug-likeness (QED) is 0.281. The minimum atomic E-state index is -4.01. The smallest absolute Gasteiger partial charge is 0.264 e. The number of amides is 1. The number of hydrogen-bond acceptors (Lipinski definition) is 5. The third kappa shape index (κ3) is 4.36. The van der Waals surface area contributed by atoms with Crippen molar-refractivity contribution in [3.05, 3.63) is 42.5 Å². The Kier molecular flexibility index (Phi) is 7.87. The van der Waals surface area contributed by atoms with Crippen LogP contribution >= 0.6 is 47.8 Å². The fourth-order valence-corrected chi connectivity index (χ4v) is 13.3. The average Bonchev–Trinajstić information content (AvgIpc) is 3.39. The molecule has 7 nitrogen and oxygen atoms in total. The first-order valence-electron chi connectivity index (χ1n) is 13.2. The van der Waals surface area contributed by atoms with Crippen LogP contribution in [0.5, 0.6) is 5.75 Å². The Balaban J connectivity index is 1.49. The van der Waals surface area contributed by atoms with Gasteiger partial charge in [-0.1, -0.05) is 73.8 Å². The van der Waals surface area contributed by atoms with Crippen molar-refractivity contribution < 1.29 is 17.9 Å². The van der Waals surface area contributed by atoms with Gasteiger partial charge in [-0.25, -0.2) is 8.42 Å². The second-order valence-electron chi connectivity index (χ2n) is 11.3. The molecule has 1 saturated heterocycles. The van der Waals surface area contributed by atoms with Gasteiger partial charge in [-0.3, -0.25) is 9.52 Å². The summed E-state index contributed by atoms with van der Waals surface area (Å²) in [6.07, 6.45) is 4.80. The van der Waals surface area contributed by atoms with Crippen LogP contribution in [0.1, 0.15) is 46.0 Å². The molecule has 0 radical (unpaired) electrons. The molecule has 11 heteroatoms. The van der Waals surface area contributed by atoms with Gasteiger partial charge < -0.3 is 15.0 Å². The summed E-state index contributed by atoms with van der Waals surface area (Å²) < 4.78 is 35.8. The van der Waals surface area contributed by atoms with Crippen LogP contribution in [-0.4, -0.2) is 43.1 Å². The van der Waals surface area contributed by atoms with Crippen LogP contribution < -0.4 is 19.7 Å². The van der Waals surface area contributed by atoms with Gasteiger partial charge in [-0.2, -0.15) is 0 Å². The van der Waals surface area contributed by atoms with E-state index in [1.165, 1.54) is 7.11 Å². The molecule has 2 aromatic carbocycles. The van der Waals surface area contributed by atoms with Crippen LogP contribution in [-0.2, 0) is 14.8 Å². The first-order chi connectivity index (χ1) is 18.4. The maximum absolute atomic E-state index is 13.9. The number of ether oxygens (including phenoxy) is 1. The number of methoxy groups -OCH3 is 1. The minimum Gasteiger partial charge on any atom is -0.495 e. The zero-order valence-corrected chi connectivity index (χ0v) is 27.8. The molecule has 3 saturated carbocycles. The van der Waals surface area contributed by atoms with Gasteiger partial charge in [0.05, 0.1) is 27.6 Å². The maximum atomic E-state index is 13.9. The van der Waals surface area contributed by atoms with E-state index in [-0.39, 0.29) is 30.2 Å². The number of carbonyl (C=O) groups excluding carboxylic acids is 1. The van der Waals surface area contributed by atoms with E-state index in [1.54, 1.807) is 30.3 Å². The number of halogens is 3. The monoisotopic (exact) mass is 745 g/mol. The van der Waals surface area contributed by atoms with Crippen molar-refractivity contribution >= 4 is 80.8 Å². The van der Waals surface area contributed by atoms with E-state index in [0.29, 0.717) is 22.8 Å². The van der Waals surface area contributed by atoms with Crippen LogP contribution in [0.2, 0.25) is 0 Å².